The maximum absolute atomic E-state index is 12.5. The molecule has 0 bridgehead atoms. The fraction of sp³-hybridized carbons (Fsp3) is 0.118. The molecule has 0 aromatic heterocycles. The highest BCUT2D eigenvalue weighted by molar-refractivity contribution is 7.80. The van der Waals surface area contributed by atoms with Gasteiger partial charge in [0.25, 0.3) is 0 Å². The predicted molar refractivity (Wildman–Crippen MR) is 83.1 cm³/mol. The van der Waals surface area contributed by atoms with E-state index in [1.54, 1.807) is 42.5 Å². The Morgan fingerprint density at radius 3 is 2.14 bits per heavy atom. The van der Waals surface area contributed by atoms with Gasteiger partial charge in [-0.3, -0.25) is 9.59 Å². The van der Waals surface area contributed by atoms with Crippen LogP contribution in [0.4, 0.5) is 0 Å². The average molecular weight is 296 g/mol. The van der Waals surface area contributed by atoms with E-state index < -0.39 is 0 Å². The van der Waals surface area contributed by atoms with E-state index >= 15 is 0 Å². The monoisotopic (exact) mass is 296 g/mol. The first-order valence-corrected chi connectivity index (χ1v) is 7.04. The molecule has 21 heavy (non-hydrogen) atoms. The van der Waals surface area contributed by atoms with Gasteiger partial charge in [-0.15, -0.1) is 0 Å². The number of rotatable bonds is 2. The normalized spacial score (nSPS) is 12.6. The molecule has 0 saturated carbocycles. The summed E-state index contributed by atoms with van der Waals surface area (Å²) in [5.41, 5.74) is 2.34. The third-order valence-electron chi connectivity index (χ3n) is 3.44. The Labute approximate surface area is 127 Å². The molecule has 0 fully saturated rings. The van der Waals surface area contributed by atoms with Gasteiger partial charge in [0, 0.05) is 27.8 Å². The maximum Gasteiger partial charge on any atom is 0.194 e. The van der Waals surface area contributed by atoms with Gasteiger partial charge in [-0.2, -0.15) is 0 Å². The molecule has 0 N–H and O–H groups in total. The summed E-state index contributed by atoms with van der Waals surface area (Å²) in [6.07, 6.45) is 0. The lowest BCUT2D eigenvalue weighted by Gasteiger charge is -2.18. The Kier molecular flexibility index (Phi) is 3.39. The van der Waals surface area contributed by atoms with Crippen LogP contribution in [0.25, 0.3) is 0 Å². The molecular formula is C17H12O3S. The van der Waals surface area contributed by atoms with Gasteiger partial charge < -0.3 is 4.74 Å². The molecule has 3 rings (SSSR count). The number of ketones is 2. The van der Waals surface area contributed by atoms with Crippen LogP contribution in [-0.4, -0.2) is 23.2 Å². The lowest BCUT2D eigenvalue weighted by molar-refractivity contribution is 0.0979. The number of fused-ring (bicyclic) bond motifs is 2. The summed E-state index contributed by atoms with van der Waals surface area (Å²) >= 11 is 5.15. The summed E-state index contributed by atoms with van der Waals surface area (Å²) in [5, 5.41) is 0.333. The smallest absolute Gasteiger partial charge is 0.194 e. The molecule has 0 radical (unpaired) electrons. The van der Waals surface area contributed by atoms with Crippen LogP contribution in [-0.2, 0) is 4.74 Å². The molecule has 2 aromatic rings. The number of hydrogen-bond donors (Lipinski definition) is 0. The van der Waals surface area contributed by atoms with Crippen LogP contribution in [0.2, 0.25) is 0 Å². The van der Waals surface area contributed by atoms with Crippen molar-refractivity contribution in [3.63, 3.8) is 0 Å². The Bertz CT molecular complexity index is 777. The summed E-state index contributed by atoms with van der Waals surface area (Å²) < 4.78 is 5.29. The molecule has 0 heterocycles. The summed E-state index contributed by atoms with van der Waals surface area (Å²) in [4.78, 5) is 25.0. The number of hydrogen-bond acceptors (Lipinski definition) is 4. The molecule has 1 aliphatic carbocycles. The predicted octanol–water partition coefficient (Wildman–Crippen LogP) is 3.17. The summed E-state index contributed by atoms with van der Waals surface area (Å²) in [6, 6.07) is 11.9. The molecule has 0 unspecified atom stereocenters. The van der Waals surface area contributed by atoms with Crippen LogP contribution in [0.3, 0.4) is 0 Å². The fourth-order valence-corrected chi connectivity index (χ4v) is 2.69. The largest absolute Gasteiger partial charge is 0.483 e. The first-order valence-electron chi connectivity index (χ1n) is 6.63. The Morgan fingerprint density at radius 1 is 0.952 bits per heavy atom. The van der Waals surface area contributed by atoms with Gasteiger partial charge in [0.15, 0.2) is 16.6 Å². The van der Waals surface area contributed by atoms with E-state index in [9.17, 15) is 9.59 Å². The highest BCUT2D eigenvalue weighted by Gasteiger charge is 2.29. The van der Waals surface area contributed by atoms with Gasteiger partial charge in [-0.05, 0) is 37.3 Å². The zero-order valence-corrected chi connectivity index (χ0v) is 12.2. The molecule has 104 valence electrons. The van der Waals surface area contributed by atoms with Crippen molar-refractivity contribution < 1.29 is 14.3 Å². The van der Waals surface area contributed by atoms with Gasteiger partial charge in [0.05, 0.1) is 6.61 Å². The molecule has 0 spiro atoms. The lowest BCUT2D eigenvalue weighted by atomic mass is 9.83. The van der Waals surface area contributed by atoms with E-state index in [0.717, 1.165) is 0 Å². The first kappa shape index (κ1) is 13.6. The third kappa shape index (κ3) is 2.17. The van der Waals surface area contributed by atoms with Crippen LogP contribution in [0.5, 0.6) is 0 Å². The molecule has 0 saturated heterocycles. The van der Waals surface area contributed by atoms with Gasteiger partial charge in [0.2, 0.25) is 0 Å². The SMILES string of the molecule is CCOC(=S)c1ccc2c(c1)C(=O)c1ccccc1C2=O. The second kappa shape index (κ2) is 5.22. The number of benzene rings is 2. The van der Waals surface area contributed by atoms with E-state index in [1.165, 1.54) is 0 Å². The van der Waals surface area contributed by atoms with Crippen molar-refractivity contribution in [2.45, 2.75) is 6.92 Å². The zero-order valence-electron chi connectivity index (χ0n) is 11.4. The Hall–Kier alpha value is -2.33. The zero-order chi connectivity index (χ0) is 15.0. The number of carbonyl (C=O) groups is 2. The molecule has 0 atom stereocenters. The quantitative estimate of drug-likeness (QED) is 0.681. The van der Waals surface area contributed by atoms with Crippen molar-refractivity contribution in [2.75, 3.05) is 6.61 Å². The van der Waals surface area contributed by atoms with Gasteiger partial charge in [-0.25, -0.2) is 0 Å². The third-order valence-corrected chi connectivity index (χ3v) is 3.79. The van der Waals surface area contributed by atoms with Gasteiger partial charge in [-0.1, -0.05) is 24.3 Å². The maximum atomic E-state index is 12.5. The van der Waals surface area contributed by atoms with Crippen LogP contribution in [0, 0.1) is 0 Å². The van der Waals surface area contributed by atoms with Crippen LogP contribution in [0.1, 0.15) is 44.3 Å². The van der Waals surface area contributed by atoms with Gasteiger partial charge >= 0.3 is 0 Å². The van der Waals surface area contributed by atoms with Crippen molar-refractivity contribution in [3.05, 3.63) is 70.3 Å². The topological polar surface area (TPSA) is 43.4 Å². The summed E-state index contributed by atoms with van der Waals surface area (Å²) in [7, 11) is 0. The van der Waals surface area contributed by atoms with E-state index in [0.29, 0.717) is 39.5 Å². The second-order valence-electron chi connectivity index (χ2n) is 4.68. The summed E-state index contributed by atoms with van der Waals surface area (Å²) in [6.45, 7) is 2.31. The highest BCUT2D eigenvalue weighted by atomic mass is 32.1. The van der Waals surface area contributed by atoms with Crippen LogP contribution in [0.15, 0.2) is 42.5 Å². The van der Waals surface area contributed by atoms with Crippen molar-refractivity contribution in [2.24, 2.45) is 0 Å². The van der Waals surface area contributed by atoms with Gasteiger partial charge in [0.1, 0.15) is 0 Å². The van der Waals surface area contributed by atoms with E-state index in [1.807, 2.05) is 6.92 Å². The van der Waals surface area contributed by atoms with Crippen LogP contribution < -0.4 is 0 Å². The van der Waals surface area contributed by atoms with Crippen molar-refractivity contribution in [1.82, 2.24) is 0 Å². The average Bonchev–Trinajstić information content (AvgIpc) is 2.52. The minimum Gasteiger partial charge on any atom is -0.483 e. The molecule has 0 amide bonds. The van der Waals surface area contributed by atoms with E-state index in [2.05, 4.69) is 0 Å². The van der Waals surface area contributed by atoms with Crippen LogP contribution >= 0.6 is 12.2 Å². The standard InChI is InChI=1S/C17H12O3S/c1-2-20-17(21)10-7-8-13-14(9-10)16(19)12-6-4-3-5-11(12)15(13)18/h3-9H,2H2,1H3. The Balaban J connectivity index is 2.13. The second-order valence-corrected chi connectivity index (χ2v) is 5.06. The molecule has 3 nitrogen and oxygen atoms in total. The molecule has 1 aliphatic rings. The van der Waals surface area contributed by atoms with E-state index in [-0.39, 0.29) is 11.6 Å². The van der Waals surface area contributed by atoms with Crippen molar-refractivity contribution in [3.8, 4) is 0 Å². The number of thiocarbonyl (C=S) groups is 1. The molecule has 0 aliphatic heterocycles. The number of ether oxygens (including phenoxy) is 1. The summed E-state index contributed by atoms with van der Waals surface area (Å²) in [5.74, 6) is -0.282. The van der Waals surface area contributed by atoms with Crippen molar-refractivity contribution >= 4 is 28.8 Å². The minimum atomic E-state index is -0.152. The molecular weight excluding hydrogens is 284 g/mol. The highest BCUT2D eigenvalue weighted by Crippen LogP contribution is 2.28. The fourth-order valence-electron chi connectivity index (χ4n) is 2.44. The minimum absolute atomic E-state index is 0.130. The molecule has 4 heteroatoms. The lowest BCUT2D eigenvalue weighted by Crippen LogP contribution is -2.21. The first-order chi connectivity index (χ1) is 10.1. The van der Waals surface area contributed by atoms with Crippen molar-refractivity contribution in [1.29, 1.82) is 0 Å². The Morgan fingerprint density at radius 2 is 1.52 bits per heavy atom. The van der Waals surface area contributed by atoms with E-state index in [4.69, 9.17) is 17.0 Å². The number of carbonyl (C=O) groups excluding carboxylic acids is 2. The molecule has 2 aromatic carbocycles.